The quantitative estimate of drug-likeness (QED) is 0.633. The lowest BCUT2D eigenvalue weighted by Gasteiger charge is -2.14. The number of nitrogens with one attached hydrogen (secondary N) is 2. The maximum atomic E-state index is 12.7. The van der Waals surface area contributed by atoms with Gasteiger partial charge in [0.2, 0.25) is 0 Å². The van der Waals surface area contributed by atoms with Gasteiger partial charge >= 0.3 is 0 Å². The molecule has 0 saturated heterocycles. The Bertz CT molecular complexity index is 921. The van der Waals surface area contributed by atoms with E-state index in [0.29, 0.717) is 17.3 Å². The molecule has 0 unspecified atom stereocenters. The van der Waals surface area contributed by atoms with Crippen molar-refractivity contribution in [2.24, 2.45) is 0 Å². The highest BCUT2D eigenvalue weighted by molar-refractivity contribution is 6.05. The van der Waals surface area contributed by atoms with E-state index in [1.54, 1.807) is 25.4 Å². The molecule has 0 spiro atoms. The van der Waals surface area contributed by atoms with Crippen molar-refractivity contribution in [2.75, 3.05) is 17.7 Å². The third-order valence-electron chi connectivity index (χ3n) is 4.22. The Labute approximate surface area is 159 Å². The third kappa shape index (κ3) is 4.64. The fraction of sp³-hybridized carbons (Fsp3) is 0.182. The summed E-state index contributed by atoms with van der Waals surface area (Å²) in [7, 11) is 1.63. The summed E-state index contributed by atoms with van der Waals surface area (Å²) in [5.74, 6) is 1.55. The van der Waals surface area contributed by atoms with Crippen molar-refractivity contribution in [3.05, 3.63) is 78.0 Å². The zero-order chi connectivity index (χ0) is 19.2. The maximum absolute atomic E-state index is 12.7. The normalized spacial score (nSPS) is 10.5. The van der Waals surface area contributed by atoms with Crippen molar-refractivity contribution in [2.45, 2.75) is 19.8 Å². The minimum Gasteiger partial charge on any atom is -0.497 e. The number of amides is 1. The van der Waals surface area contributed by atoms with Crippen LogP contribution in [0.5, 0.6) is 5.75 Å². The van der Waals surface area contributed by atoms with Gasteiger partial charge < -0.3 is 15.4 Å². The summed E-state index contributed by atoms with van der Waals surface area (Å²) in [5.41, 5.74) is 3.35. The molecule has 0 saturated carbocycles. The van der Waals surface area contributed by atoms with E-state index in [1.807, 2.05) is 48.5 Å². The average Bonchev–Trinajstić information content (AvgIpc) is 2.69. The molecule has 5 heteroatoms. The van der Waals surface area contributed by atoms with Crippen LogP contribution in [0.3, 0.4) is 0 Å². The summed E-state index contributed by atoms with van der Waals surface area (Å²) >= 11 is 0. The van der Waals surface area contributed by atoms with E-state index < -0.39 is 0 Å². The number of para-hydroxylation sites is 1. The van der Waals surface area contributed by atoms with Crippen LogP contribution in [-0.4, -0.2) is 18.0 Å². The number of rotatable bonds is 6. The predicted octanol–water partition coefficient (Wildman–Crippen LogP) is 5.21. The first-order valence-electron chi connectivity index (χ1n) is 8.84. The Morgan fingerprint density at radius 3 is 2.48 bits per heavy atom. The zero-order valence-corrected chi connectivity index (χ0v) is 15.7. The van der Waals surface area contributed by atoms with Crippen LogP contribution >= 0.6 is 0 Å². The Morgan fingerprint density at radius 2 is 1.78 bits per heavy atom. The van der Waals surface area contributed by atoms with Crippen LogP contribution in [-0.2, 0) is 0 Å². The van der Waals surface area contributed by atoms with Crippen molar-refractivity contribution in [3.63, 3.8) is 0 Å². The summed E-state index contributed by atoms with van der Waals surface area (Å²) in [4.78, 5) is 17.0. The van der Waals surface area contributed by atoms with E-state index >= 15 is 0 Å². The maximum Gasteiger partial charge on any atom is 0.255 e. The van der Waals surface area contributed by atoms with Crippen LogP contribution in [0.4, 0.5) is 17.2 Å². The average molecular weight is 361 g/mol. The van der Waals surface area contributed by atoms with Crippen molar-refractivity contribution in [3.8, 4) is 5.75 Å². The van der Waals surface area contributed by atoms with Crippen molar-refractivity contribution in [1.29, 1.82) is 0 Å². The molecule has 138 valence electrons. The van der Waals surface area contributed by atoms with Gasteiger partial charge in [-0.2, -0.15) is 0 Å². The van der Waals surface area contributed by atoms with Crippen LogP contribution in [0.2, 0.25) is 0 Å². The molecular weight excluding hydrogens is 338 g/mol. The number of carbonyl (C=O) groups excluding carboxylic acids is 1. The highest BCUT2D eigenvalue weighted by atomic mass is 16.5. The van der Waals surface area contributed by atoms with Gasteiger partial charge in [-0.15, -0.1) is 0 Å². The molecule has 3 aromatic rings. The molecule has 0 aliphatic carbocycles. The number of hydrogen-bond acceptors (Lipinski definition) is 4. The topological polar surface area (TPSA) is 63.2 Å². The van der Waals surface area contributed by atoms with Gasteiger partial charge in [0.1, 0.15) is 11.6 Å². The monoisotopic (exact) mass is 361 g/mol. The Hall–Kier alpha value is -3.34. The molecule has 0 aliphatic heterocycles. The van der Waals surface area contributed by atoms with E-state index in [4.69, 9.17) is 4.74 Å². The first-order chi connectivity index (χ1) is 13.1. The number of hydrogen-bond donors (Lipinski definition) is 2. The van der Waals surface area contributed by atoms with E-state index in [9.17, 15) is 4.79 Å². The molecule has 0 aliphatic rings. The largest absolute Gasteiger partial charge is 0.497 e. The highest BCUT2D eigenvalue weighted by Gasteiger charge is 2.11. The molecule has 1 amide bonds. The molecule has 0 radical (unpaired) electrons. The second kappa shape index (κ2) is 8.36. The molecule has 1 heterocycles. The van der Waals surface area contributed by atoms with Crippen LogP contribution in [0.25, 0.3) is 0 Å². The van der Waals surface area contributed by atoms with Crippen molar-refractivity contribution in [1.82, 2.24) is 4.98 Å². The second-order valence-corrected chi connectivity index (χ2v) is 6.48. The van der Waals surface area contributed by atoms with Crippen LogP contribution in [0.1, 0.15) is 35.7 Å². The predicted molar refractivity (Wildman–Crippen MR) is 109 cm³/mol. The van der Waals surface area contributed by atoms with Crippen LogP contribution in [0.15, 0.2) is 66.9 Å². The number of methoxy groups -OCH3 is 1. The standard InChI is InChI=1S/C22H23N3O2/c1-15(2)19-6-4-5-7-20(19)25-22(26)16-12-13-23-21(14-16)24-17-8-10-18(27-3)11-9-17/h4-15H,1-3H3,(H,23,24)(H,25,26). The lowest BCUT2D eigenvalue weighted by Crippen LogP contribution is -2.14. The first kappa shape index (κ1) is 18.5. The van der Waals surface area contributed by atoms with E-state index in [-0.39, 0.29) is 5.91 Å². The lowest BCUT2D eigenvalue weighted by molar-refractivity contribution is 0.102. The third-order valence-corrected chi connectivity index (χ3v) is 4.22. The Balaban J connectivity index is 1.75. The molecule has 0 atom stereocenters. The summed E-state index contributed by atoms with van der Waals surface area (Å²) < 4.78 is 5.16. The summed E-state index contributed by atoms with van der Waals surface area (Å²) in [5, 5.41) is 6.20. The number of aromatic nitrogens is 1. The first-order valence-corrected chi connectivity index (χ1v) is 8.84. The highest BCUT2D eigenvalue weighted by Crippen LogP contribution is 2.24. The van der Waals surface area contributed by atoms with Crippen molar-refractivity contribution < 1.29 is 9.53 Å². The lowest BCUT2D eigenvalue weighted by atomic mass is 10.0. The summed E-state index contributed by atoms with van der Waals surface area (Å²) in [6.07, 6.45) is 1.62. The van der Waals surface area contributed by atoms with Gasteiger partial charge in [0.25, 0.3) is 5.91 Å². The number of nitrogens with zero attached hydrogens (tertiary/aromatic N) is 1. The van der Waals surface area contributed by atoms with Gasteiger partial charge in [-0.3, -0.25) is 4.79 Å². The summed E-state index contributed by atoms with van der Waals surface area (Å²) in [6.45, 7) is 4.21. The minimum absolute atomic E-state index is 0.164. The molecule has 2 N–H and O–H groups in total. The molecule has 5 nitrogen and oxygen atoms in total. The van der Waals surface area contributed by atoms with Gasteiger partial charge in [0, 0.05) is 23.1 Å². The minimum atomic E-state index is -0.164. The number of carbonyl (C=O) groups is 1. The Kier molecular flexibility index (Phi) is 5.71. The second-order valence-electron chi connectivity index (χ2n) is 6.48. The fourth-order valence-electron chi connectivity index (χ4n) is 2.77. The Morgan fingerprint density at radius 1 is 1.04 bits per heavy atom. The molecule has 27 heavy (non-hydrogen) atoms. The van der Waals surface area contributed by atoms with Gasteiger partial charge in [-0.05, 0) is 53.9 Å². The molecule has 0 bridgehead atoms. The van der Waals surface area contributed by atoms with Crippen LogP contribution < -0.4 is 15.4 Å². The van der Waals surface area contributed by atoms with E-state index in [2.05, 4.69) is 29.5 Å². The number of benzene rings is 2. The molecule has 1 aromatic heterocycles. The number of anilines is 3. The van der Waals surface area contributed by atoms with Crippen molar-refractivity contribution >= 4 is 23.1 Å². The number of ether oxygens (including phenoxy) is 1. The SMILES string of the molecule is COc1ccc(Nc2cc(C(=O)Nc3ccccc3C(C)C)ccn2)cc1. The zero-order valence-electron chi connectivity index (χ0n) is 15.7. The molecular formula is C22H23N3O2. The number of pyridine rings is 1. The summed E-state index contributed by atoms with van der Waals surface area (Å²) in [6, 6.07) is 18.8. The molecule has 3 rings (SSSR count). The van der Waals surface area contributed by atoms with Gasteiger partial charge in [0.15, 0.2) is 0 Å². The fourth-order valence-corrected chi connectivity index (χ4v) is 2.77. The molecule has 2 aromatic carbocycles. The van der Waals surface area contributed by atoms with Crippen LogP contribution in [0, 0.1) is 0 Å². The smallest absolute Gasteiger partial charge is 0.255 e. The van der Waals surface area contributed by atoms with E-state index in [0.717, 1.165) is 22.7 Å². The molecule has 0 fully saturated rings. The van der Waals surface area contributed by atoms with Gasteiger partial charge in [-0.1, -0.05) is 32.0 Å². The van der Waals surface area contributed by atoms with Gasteiger partial charge in [-0.25, -0.2) is 4.98 Å². The van der Waals surface area contributed by atoms with E-state index in [1.165, 1.54) is 0 Å². The van der Waals surface area contributed by atoms with Gasteiger partial charge in [0.05, 0.1) is 7.11 Å².